The smallest absolute Gasteiger partial charge is 0.255 e. The van der Waals surface area contributed by atoms with Gasteiger partial charge < -0.3 is 4.90 Å². The van der Waals surface area contributed by atoms with Gasteiger partial charge in [0.25, 0.3) is 6.43 Å². The minimum Gasteiger partial charge on any atom is -0.336 e. The van der Waals surface area contributed by atoms with Crippen LogP contribution in [0.4, 0.5) is 8.78 Å². The van der Waals surface area contributed by atoms with Crippen LogP contribution in [0.3, 0.4) is 0 Å². The molecule has 2 nitrogen and oxygen atoms in total. The summed E-state index contributed by atoms with van der Waals surface area (Å²) in [4.78, 5) is 13.8. The standard InChI is InChI=1S/C16H18ClF2NO/c17-7-8-20(9-13(18)19)16(21)15-12-6-5-10-3-1-2-4-11(10)14(12)15/h1-4,12-15H,5-9H2. The Bertz CT molecular complexity index is 537. The second-order valence-corrected chi connectivity index (χ2v) is 6.20. The molecule has 114 valence electrons. The number of hydrogen-bond donors (Lipinski definition) is 0. The summed E-state index contributed by atoms with van der Waals surface area (Å²) in [5, 5.41) is 0. The summed E-state index contributed by atoms with van der Waals surface area (Å²) in [7, 11) is 0. The minimum atomic E-state index is -2.51. The van der Waals surface area contributed by atoms with Crippen LogP contribution in [0.1, 0.15) is 23.5 Å². The Balaban J connectivity index is 1.75. The zero-order valence-electron chi connectivity index (χ0n) is 11.6. The number of hydrogen-bond acceptors (Lipinski definition) is 1. The summed E-state index contributed by atoms with van der Waals surface area (Å²) in [6.07, 6.45) is -0.558. The topological polar surface area (TPSA) is 20.3 Å². The fourth-order valence-corrected chi connectivity index (χ4v) is 3.88. The highest BCUT2D eigenvalue weighted by atomic mass is 35.5. The number of halogens is 3. The van der Waals surface area contributed by atoms with E-state index in [9.17, 15) is 13.6 Å². The number of benzene rings is 1. The first kappa shape index (κ1) is 14.8. The van der Waals surface area contributed by atoms with Gasteiger partial charge in [-0.05, 0) is 35.8 Å². The molecular weight excluding hydrogens is 296 g/mol. The average molecular weight is 314 g/mol. The lowest BCUT2D eigenvalue weighted by atomic mass is 9.92. The van der Waals surface area contributed by atoms with Gasteiger partial charge in [-0.1, -0.05) is 24.3 Å². The summed E-state index contributed by atoms with van der Waals surface area (Å²) < 4.78 is 25.2. The first-order valence-electron chi connectivity index (χ1n) is 7.34. The molecule has 2 aliphatic rings. The average Bonchev–Trinajstić information content (AvgIpc) is 3.20. The largest absolute Gasteiger partial charge is 0.336 e. The van der Waals surface area contributed by atoms with Crippen LogP contribution in [0.25, 0.3) is 0 Å². The molecule has 1 fully saturated rings. The van der Waals surface area contributed by atoms with Crippen molar-refractivity contribution in [3.63, 3.8) is 0 Å². The maximum Gasteiger partial charge on any atom is 0.255 e. The number of amides is 1. The summed E-state index contributed by atoms with van der Waals surface area (Å²) >= 11 is 5.64. The minimum absolute atomic E-state index is 0.129. The molecule has 0 radical (unpaired) electrons. The third-order valence-electron chi connectivity index (χ3n) is 4.64. The van der Waals surface area contributed by atoms with E-state index in [0.29, 0.717) is 5.92 Å². The molecule has 0 aromatic heterocycles. The number of alkyl halides is 3. The number of carbonyl (C=O) groups is 1. The van der Waals surface area contributed by atoms with Crippen molar-refractivity contribution in [1.82, 2.24) is 4.90 Å². The first-order chi connectivity index (χ1) is 10.1. The zero-order chi connectivity index (χ0) is 15.0. The molecule has 5 heteroatoms. The normalized spacial score (nSPS) is 26.2. The molecule has 0 bridgehead atoms. The molecule has 3 unspecified atom stereocenters. The highest BCUT2D eigenvalue weighted by Gasteiger charge is 2.57. The van der Waals surface area contributed by atoms with E-state index in [0.717, 1.165) is 12.8 Å². The van der Waals surface area contributed by atoms with Crippen molar-refractivity contribution in [2.24, 2.45) is 11.8 Å². The molecule has 21 heavy (non-hydrogen) atoms. The lowest BCUT2D eigenvalue weighted by molar-refractivity contribution is -0.134. The van der Waals surface area contributed by atoms with Crippen LogP contribution in [0.15, 0.2) is 24.3 Å². The van der Waals surface area contributed by atoms with Crippen LogP contribution < -0.4 is 0 Å². The van der Waals surface area contributed by atoms with Gasteiger partial charge in [0.05, 0.1) is 6.54 Å². The van der Waals surface area contributed by atoms with Gasteiger partial charge in [-0.25, -0.2) is 8.78 Å². The van der Waals surface area contributed by atoms with Gasteiger partial charge in [-0.15, -0.1) is 11.6 Å². The van der Waals surface area contributed by atoms with E-state index < -0.39 is 13.0 Å². The van der Waals surface area contributed by atoms with Gasteiger partial charge in [-0.2, -0.15) is 0 Å². The maximum absolute atomic E-state index is 12.6. The lowest BCUT2D eigenvalue weighted by Crippen LogP contribution is -2.38. The summed E-state index contributed by atoms with van der Waals surface area (Å²) in [5.74, 6) is 0.455. The Morgan fingerprint density at radius 3 is 2.86 bits per heavy atom. The van der Waals surface area contributed by atoms with E-state index in [2.05, 4.69) is 12.1 Å². The number of carbonyl (C=O) groups excluding carboxylic acids is 1. The Kier molecular flexibility index (Phi) is 4.16. The van der Waals surface area contributed by atoms with Crippen molar-refractivity contribution >= 4 is 17.5 Å². The lowest BCUT2D eigenvalue weighted by Gasteiger charge is -2.21. The number of rotatable bonds is 5. The van der Waals surface area contributed by atoms with E-state index in [4.69, 9.17) is 11.6 Å². The number of aryl methyl sites for hydroxylation is 1. The van der Waals surface area contributed by atoms with Crippen molar-refractivity contribution in [2.45, 2.75) is 25.2 Å². The second kappa shape index (κ2) is 5.91. The molecule has 0 saturated heterocycles. The Morgan fingerprint density at radius 2 is 2.14 bits per heavy atom. The number of nitrogens with zero attached hydrogens (tertiary/aromatic N) is 1. The fraction of sp³-hybridized carbons (Fsp3) is 0.562. The summed E-state index contributed by atoms with van der Waals surface area (Å²) in [5.41, 5.74) is 2.53. The number of fused-ring (bicyclic) bond motifs is 3. The quantitative estimate of drug-likeness (QED) is 0.764. The van der Waals surface area contributed by atoms with Crippen LogP contribution >= 0.6 is 11.6 Å². The van der Waals surface area contributed by atoms with Crippen molar-refractivity contribution in [3.05, 3.63) is 35.4 Å². The molecule has 0 N–H and O–H groups in total. The third kappa shape index (κ3) is 2.78. The van der Waals surface area contributed by atoms with E-state index in [1.165, 1.54) is 16.0 Å². The van der Waals surface area contributed by atoms with Gasteiger partial charge in [-0.3, -0.25) is 4.79 Å². The van der Waals surface area contributed by atoms with Crippen molar-refractivity contribution in [3.8, 4) is 0 Å². The van der Waals surface area contributed by atoms with Gasteiger partial charge in [0.2, 0.25) is 5.91 Å². The van der Waals surface area contributed by atoms with Gasteiger partial charge >= 0.3 is 0 Å². The Labute approximate surface area is 128 Å². The van der Waals surface area contributed by atoms with Gasteiger partial charge in [0.1, 0.15) is 0 Å². The fourth-order valence-electron chi connectivity index (χ4n) is 3.67. The van der Waals surface area contributed by atoms with E-state index in [1.807, 2.05) is 12.1 Å². The van der Waals surface area contributed by atoms with Crippen LogP contribution in [0.5, 0.6) is 0 Å². The molecule has 0 spiro atoms. The Morgan fingerprint density at radius 1 is 1.38 bits per heavy atom. The monoisotopic (exact) mass is 313 g/mol. The summed E-state index contributed by atoms with van der Waals surface area (Å²) in [6.45, 7) is -0.314. The molecule has 1 aromatic carbocycles. The molecule has 2 aliphatic carbocycles. The molecule has 3 atom stereocenters. The zero-order valence-corrected chi connectivity index (χ0v) is 12.4. The molecule has 1 amide bonds. The predicted octanol–water partition coefficient (Wildman–Crippen LogP) is 3.29. The van der Waals surface area contributed by atoms with E-state index in [1.54, 1.807) is 0 Å². The van der Waals surface area contributed by atoms with Crippen molar-refractivity contribution < 1.29 is 13.6 Å². The molecule has 1 aromatic rings. The molecule has 1 saturated carbocycles. The molecular formula is C16H18ClF2NO. The SMILES string of the molecule is O=C(C1C2CCc3ccccc3C21)N(CCCl)CC(F)F. The highest BCUT2D eigenvalue weighted by Crippen LogP contribution is 2.60. The third-order valence-corrected chi connectivity index (χ3v) is 4.81. The maximum atomic E-state index is 12.6. The molecule has 0 aliphatic heterocycles. The van der Waals surface area contributed by atoms with Gasteiger partial charge in [0.15, 0.2) is 0 Å². The van der Waals surface area contributed by atoms with Crippen molar-refractivity contribution in [1.29, 1.82) is 0 Å². The van der Waals surface area contributed by atoms with Crippen LogP contribution in [0, 0.1) is 11.8 Å². The van der Waals surface area contributed by atoms with Crippen LogP contribution in [-0.2, 0) is 11.2 Å². The van der Waals surface area contributed by atoms with E-state index >= 15 is 0 Å². The van der Waals surface area contributed by atoms with Crippen LogP contribution in [0.2, 0.25) is 0 Å². The predicted molar refractivity (Wildman–Crippen MR) is 77.8 cm³/mol. The van der Waals surface area contributed by atoms with Crippen LogP contribution in [-0.4, -0.2) is 36.2 Å². The Hall–Kier alpha value is -1.16. The molecule has 3 rings (SSSR count). The van der Waals surface area contributed by atoms with Gasteiger partial charge in [0, 0.05) is 18.3 Å². The van der Waals surface area contributed by atoms with Crippen molar-refractivity contribution in [2.75, 3.05) is 19.0 Å². The van der Waals surface area contributed by atoms with E-state index in [-0.39, 0.29) is 30.2 Å². The second-order valence-electron chi connectivity index (χ2n) is 5.82. The summed E-state index contributed by atoms with van der Waals surface area (Å²) in [6, 6.07) is 8.16. The highest BCUT2D eigenvalue weighted by molar-refractivity contribution is 6.18. The molecule has 0 heterocycles. The first-order valence-corrected chi connectivity index (χ1v) is 7.87.